The van der Waals surface area contributed by atoms with Crippen molar-refractivity contribution in [1.82, 2.24) is 14.7 Å². The highest BCUT2D eigenvalue weighted by Gasteiger charge is 2.47. The number of rotatable bonds is 2. The molecule has 0 spiro atoms. The van der Waals surface area contributed by atoms with Crippen LogP contribution in [-0.2, 0) is 13.0 Å². The van der Waals surface area contributed by atoms with E-state index in [0.717, 1.165) is 22.2 Å². The summed E-state index contributed by atoms with van der Waals surface area (Å²) < 4.78 is 42.5. The molecule has 0 radical (unpaired) electrons. The summed E-state index contributed by atoms with van der Waals surface area (Å²) in [7, 11) is 0. The molecule has 0 saturated heterocycles. The van der Waals surface area contributed by atoms with Crippen LogP contribution in [0.5, 0.6) is 0 Å². The van der Waals surface area contributed by atoms with Crippen molar-refractivity contribution in [3.63, 3.8) is 0 Å². The maximum absolute atomic E-state index is 13.9. The van der Waals surface area contributed by atoms with Crippen molar-refractivity contribution in [2.75, 3.05) is 11.9 Å². The van der Waals surface area contributed by atoms with Crippen LogP contribution in [0.2, 0.25) is 0 Å². The molecule has 1 N–H and O–H groups in total. The van der Waals surface area contributed by atoms with Crippen molar-refractivity contribution in [2.45, 2.75) is 37.6 Å². The Balaban J connectivity index is 1.44. The van der Waals surface area contributed by atoms with Crippen molar-refractivity contribution in [3.8, 4) is 0 Å². The number of halogens is 3. The molecule has 2 aromatic carbocycles. The third-order valence-corrected chi connectivity index (χ3v) is 6.03. The van der Waals surface area contributed by atoms with Gasteiger partial charge in [0.05, 0.1) is 6.04 Å². The Morgan fingerprint density at radius 3 is 2.48 bits per heavy atom. The summed E-state index contributed by atoms with van der Waals surface area (Å²) in [5.41, 5.74) is 3.05. The Labute approximate surface area is 177 Å². The molecule has 2 aliphatic rings. The largest absolute Gasteiger partial charge is 0.410 e. The summed E-state index contributed by atoms with van der Waals surface area (Å²) in [5.74, 6) is -0.140. The van der Waals surface area contributed by atoms with E-state index in [4.69, 9.17) is 0 Å². The average Bonchev–Trinajstić information content (AvgIpc) is 3.21. The van der Waals surface area contributed by atoms with Crippen LogP contribution in [-0.4, -0.2) is 33.3 Å². The second kappa shape index (κ2) is 7.44. The minimum absolute atomic E-state index is 0.0323. The number of hydrogen-bond acceptors (Lipinski definition) is 3. The topological polar surface area (TPSA) is 50.2 Å². The van der Waals surface area contributed by atoms with Crippen LogP contribution in [0, 0.1) is 0 Å². The molecule has 0 saturated carbocycles. The normalized spacial score (nSPS) is 20.5. The lowest BCUT2D eigenvalue weighted by molar-refractivity contribution is -0.173. The molecule has 160 valence electrons. The first-order valence-electron chi connectivity index (χ1n) is 10.2. The van der Waals surface area contributed by atoms with Crippen molar-refractivity contribution in [3.05, 3.63) is 83.0 Å². The number of amides is 1. The third kappa shape index (κ3) is 3.66. The number of nitrogens with one attached hydrogen (secondary N) is 1. The Bertz CT molecular complexity index is 1110. The van der Waals surface area contributed by atoms with Gasteiger partial charge in [0.1, 0.15) is 5.82 Å². The molecule has 3 aromatic rings. The van der Waals surface area contributed by atoms with E-state index in [2.05, 4.69) is 10.4 Å². The van der Waals surface area contributed by atoms with Gasteiger partial charge >= 0.3 is 6.18 Å². The van der Waals surface area contributed by atoms with Crippen LogP contribution < -0.4 is 5.32 Å². The molecule has 8 heteroatoms. The number of anilines is 1. The standard InChI is InChI=1S/C23H21F3N4O/c24-23(25,26)20-12-18(16-7-2-1-3-8-16)27-21-13-19(28-30(20)21)22(31)29-11-10-15-6-4-5-9-17(15)14-29/h1-9,13,18,20,27H,10-12,14H2. The molecule has 5 nitrogen and oxygen atoms in total. The zero-order valence-corrected chi connectivity index (χ0v) is 16.6. The highest BCUT2D eigenvalue weighted by atomic mass is 19.4. The molecule has 0 bridgehead atoms. The number of fused-ring (bicyclic) bond motifs is 2. The molecular formula is C23H21F3N4O. The lowest BCUT2D eigenvalue weighted by atomic mass is 9.97. The van der Waals surface area contributed by atoms with E-state index in [1.54, 1.807) is 29.2 Å². The molecule has 0 fully saturated rings. The van der Waals surface area contributed by atoms with Gasteiger partial charge < -0.3 is 10.2 Å². The average molecular weight is 426 g/mol. The Hall–Kier alpha value is -3.29. The molecule has 31 heavy (non-hydrogen) atoms. The van der Waals surface area contributed by atoms with Crippen molar-refractivity contribution in [2.24, 2.45) is 0 Å². The fourth-order valence-corrected chi connectivity index (χ4v) is 4.41. The van der Waals surface area contributed by atoms with Gasteiger partial charge in [0.2, 0.25) is 0 Å². The second-order valence-corrected chi connectivity index (χ2v) is 8.01. The van der Waals surface area contributed by atoms with Gasteiger partial charge in [0.15, 0.2) is 11.7 Å². The summed E-state index contributed by atoms with van der Waals surface area (Å²) in [6.45, 7) is 0.945. The number of aromatic nitrogens is 2. The molecule has 1 amide bonds. The highest BCUT2D eigenvalue weighted by Crippen LogP contribution is 2.43. The van der Waals surface area contributed by atoms with Crippen LogP contribution in [0.4, 0.5) is 19.0 Å². The smallest absolute Gasteiger partial charge is 0.363 e. The van der Waals surface area contributed by atoms with Gasteiger partial charge in [0, 0.05) is 25.6 Å². The summed E-state index contributed by atoms with van der Waals surface area (Å²) >= 11 is 0. The predicted octanol–water partition coefficient (Wildman–Crippen LogP) is 4.74. The van der Waals surface area contributed by atoms with Gasteiger partial charge in [-0.25, -0.2) is 4.68 Å². The third-order valence-electron chi connectivity index (χ3n) is 6.03. The van der Waals surface area contributed by atoms with E-state index in [9.17, 15) is 18.0 Å². The van der Waals surface area contributed by atoms with E-state index >= 15 is 0 Å². The molecule has 5 rings (SSSR count). The Kier molecular flexibility index (Phi) is 4.72. The first-order chi connectivity index (χ1) is 14.9. The first-order valence-corrected chi connectivity index (χ1v) is 10.2. The summed E-state index contributed by atoms with van der Waals surface area (Å²) in [6.07, 6.45) is -3.94. The molecule has 0 aliphatic carbocycles. The van der Waals surface area contributed by atoms with Crippen molar-refractivity contribution in [1.29, 1.82) is 0 Å². The molecule has 2 atom stereocenters. The minimum atomic E-state index is -4.47. The Morgan fingerprint density at radius 1 is 1.03 bits per heavy atom. The van der Waals surface area contributed by atoms with Gasteiger partial charge in [-0.3, -0.25) is 4.79 Å². The van der Waals surface area contributed by atoms with Gasteiger partial charge in [-0.1, -0.05) is 54.6 Å². The fraction of sp³-hybridized carbons (Fsp3) is 0.304. The minimum Gasteiger partial charge on any atom is -0.363 e. The van der Waals surface area contributed by atoms with Gasteiger partial charge in [-0.2, -0.15) is 18.3 Å². The predicted molar refractivity (Wildman–Crippen MR) is 110 cm³/mol. The first kappa shape index (κ1) is 19.7. The van der Waals surface area contributed by atoms with Crippen LogP contribution in [0.25, 0.3) is 0 Å². The maximum atomic E-state index is 13.9. The van der Waals surface area contributed by atoms with E-state index in [-0.39, 0.29) is 23.8 Å². The van der Waals surface area contributed by atoms with Gasteiger partial charge in [-0.15, -0.1) is 0 Å². The maximum Gasteiger partial charge on any atom is 0.410 e. The van der Waals surface area contributed by atoms with Crippen molar-refractivity contribution >= 4 is 11.7 Å². The van der Waals surface area contributed by atoms with Gasteiger partial charge in [0.25, 0.3) is 5.91 Å². The number of nitrogens with zero attached hydrogens (tertiary/aromatic N) is 3. The summed E-state index contributed by atoms with van der Waals surface area (Å²) in [5, 5.41) is 7.24. The van der Waals surface area contributed by atoms with E-state index < -0.39 is 18.3 Å². The fourth-order valence-electron chi connectivity index (χ4n) is 4.41. The van der Waals surface area contributed by atoms with E-state index in [1.807, 2.05) is 30.3 Å². The number of hydrogen-bond donors (Lipinski definition) is 1. The number of alkyl halides is 3. The molecular weight excluding hydrogens is 405 g/mol. The molecule has 2 unspecified atom stereocenters. The monoisotopic (exact) mass is 426 g/mol. The highest BCUT2D eigenvalue weighted by molar-refractivity contribution is 5.93. The van der Waals surface area contributed by atoms with Crippen LogP contribution in [0.15, 0.2) is 60.7 Å². The quantitative estimate of drug-likeness (QED) is 0.644. The van der Waals surface area contributed by atoms with Gasteiger partial charge in [-0.05, 0) is 23.1 Å². The zero-order chi connectivity index (χ0) is 21.6. The van der Waals surface area contributed by atoms with E-state index in [1.165, 1.54) is 11.6 Å². The lowest BCUT2D eigenvalue weighted by Gasteiger charge is -2.33. The Morgan fingerprint density at radius 2 is 1.74 bits per heavy atom. The SMILES string of the molecule is O=C(c1cc2n(n1)C(C(F)(F)F)CC(c1ccccc1)N2)N1CCc2ccccc2C1. The van der Waals surface area contributed by atoms with Crippen LogP contribution in [0.3, 0.4) is 0 Å². The van der Waals surface area contributed by atoms with E-state index in [0.29, 0.717) is 13.1 Å². The lowest BCUT2D eigenvalue weighted by Crippen LogP contribution is -2.37. The molecule has 3 heterocycles. The summed E-state index contributed by atoms with van der Waals surface area (Å²) in [4.78, 5) is 14.7. The second-order valence-electron chi connectivity index (χ2n) is 8.01. The number of carbonyl (C=O) groups is 1. The number of carbonyl (C=O) groups excluding carboxylic acids is 1. The van der Waals surface area contributed by atoms with Crippen LogP contribution >= 0.6 is 0 Å². The number of benzene rings is 2. The molecule has 1 aromatic heterocycles. The molecule has 2 aliphatic heterocycles. The van der Waals surface area contributed by atoms with Crippen LogP contribution in [0.1, 0.15) is 45.7 Å². The summed E-state index contributed by atoms with van der Waals surface area (Å²) in [6, 6.07) is 16.1. The zero-order valence-electron chi connectivity index (χ0n) is 16.6. The van der Waals surface area contributed by atoms with Crippen molar-refractivity contribution < 1.29 is 18.0 Å².